The third kappa shape index (κ3) is 2.90. The summed E-state index contributed by atoms with van der Waals surface area (Å²) < 4.78 is 36.8. The minimum Gasteiger partial charge on any atom is -0.389 e. The van der Waals surface area contributed by atoms with Crippen LogP contribution in [0, 0.1) is 5.82 Å². The smallest absolute Gasteiger partial charge is 0.152 e. The number of sulfone groups is 1. The van der Waals surface area contributed by atoms with E-state index in [0.29, 0.717) is 12.1 Å². The Labute approximate surface area is 112 Å². The summed E-state index contributed by atoms with van der Waals surface area (Å²) in [6, 6.07) is 4.40. The fourth-order valence-electron chi connectivity index (χ4n) is 2.52. The zero-order valence-electron chi connectivity index (χ0n) is 11.0. The van der Waals surface area contributed by atoms with Crippen molar-refractivity contribution in [3.63, 3.8) is 0 Å². The van der Waals surface area contributed by atoms with Gasteiger partial charge in [0.05, 0.1) is 17.6 Å². The second kappa shape index (κ2) is 5.09. The monoisotopic (exact) mass is 287 g/mol. The largest absolute Gasteiger partial charge is 0.389 e. The van der Waals surface area contributed by atoms with E-state index >= 15 is 0 Å². The first-order valence-electron chi connectivity index (χ1n) is 6.21. The zero-order chi connectivity index (χ0) is 14.2. The molecule has 1 aliphatic heterocycles. The van der Waals surface area contributed by atoms with Gasteiger partial charge >= 0.3 is 0 Å². The first kappa shape index (κ1) is 14.3. The van der Waals surface area contributed by atoms with E-state index in [1.54, 1.807) is 24.1 Å². The van der Waals surface area contributed by atoms with E-state index in [0.717, 1.165) is 0 Å². The quantitative estimate of drug-likeness (QED) is 0.915. The summed E-state index contributed by atoms with van der Waals surface area (Å²) in [6.45, 7) is 1.50. The fourth-order valence-corrected chi connectivity index (χ4v) is 4.30. The van der Waals surface area contributed by atoms with Crippen molar-refractivity contribution in [1.29, 1.82) is 0 Å². The van der Waals surface area contributed by atoms with Gasteiger partial charge in [0.2, 0.25) is 0 Å². The maximum atomic E-state index is 13.8. The van der Waals surface area contributed by atoms with Crippen LogP contribution in [0.15, 0.2) is 18.2 Å². The molecule has 0 bridgehead atoms. The Bertz CT molecular complexity index is 571. The normalized spacial score (nSPS) is 23.3. The second-order valence-electron chi connectivity index (χ2n) is 5.02. The summed E-state index contributed by atoms with van der Waals surface area (Å²) in [7, 11) is -1.25. The van der Waals surface area contributed by atoms with Gasteiger partial charge in [-0.25, -0.2) is 12.8 Å². The third-order valence-electron chi connectivity index (χ3n) is 3.58. The molecule has 2 unspecified atom stereocenters. The predicted octanol–water partition coefficient (Wildman–Crippen LogP) is 1.50. The van der Waals surface area contributed by atoms with Crippen molar-refractivity contribution >= 4 is 15.5 Å². The van der Waals surface area contributed by atoms with Crippen molar-refractivity contribution in [3.8, 4) is 0 Å². The van der Waals surface area contributed by atoms with Crippen LogP contribution < -0.4 is 4.90 Å². The van der Waals surface area contributed by atoms with E-state index in [9.17, 15) is 17.9 Å². The number of halogens is 1. The Balaban J connectivity index is 2.34. The number of benzene rings is 1. The number of aliphatic hydroxyl groups excluding tert-OH is 1. The molecule has 0 aliphatic carbocycles. The molecule has 0 aromatic heterocycles. The summed E-state index contributed by atoms with van der Waals surface area (Å²) in [5, 5.41) is 9.69. The van der Waals surface area contributed by atoms with Gasteiger partial charge in [-0.1, -0.05) is 6.07 Å². The summed E-state index contributed by atoms with van der Waals surface area (Å²) >= 11 is 0. The molecule has 2 rings (SSSR count). The zero-order valence-corrected chi connectivity index (χ0v) is 11.8. The molecule has 6 heteroatoms. The molecule has 4 nitrogen and oxygen atoms in total. The minimum atomic E-state index is -2.99. The second-order valence-corrected chi connectivity index (χ2v) is 7.25. The van der Waals surface area contributed by atoms with E-state index < -0.39 is 21.8 Å². The van der Waals surface area contributed by atoms with Gasteiger partial charge < -0.3 is 10.0 Å². The van der Waals surface area contributed by atoms with Gasteiger partial charge in [-0.2, -0.15) is 0 Å². The van der Waals surface area contributed by atoms with Crippen molar-refractivity contribution in [2.45, 2.75) is 25.5 Å². The van der Waals surface area contributed by atoms with Gasteiger partial charge in [0.25, 0.3) is 0 Å². The number of anilines is 1. The van der Waals surface area contributed by atoms with Crippen LogP contribution in [0.3, 0.4) is 0 Å². The lowest BCUT2D eigenvalue weighted by Crippen LogP contribution is -2.33. The van der Waals surface area contributed by atoms with Gasteiger partial charge in [-0.15, -0.1) is 0 Å². The van der Waals surface area contributed by atoms with Gasteiger partial charge in [0.1, 0.15) is 5.82 Å². The van der Waals surface area contributed by atoms with Crippen molar-refractivity contribution < 1.29 is 17.9 Å². The maximum absolute atomic E-state index is 13.8. The van der Waals surface area contributed by atoms with Crippen LogP contribution in [0.25, 0.3) is 0 Å². The predicted molar refractivity (Wildman–Crippen MR) is 72.5 cm³/mol. The maximum Gasteiger partial charge on any atom is 0.152 e. The molecule has 19 heavy (non-hydrogen) atoms. The third-order valence-corrected chi connectivity index (χ3v) is 5.33. The van der Waals surface area contributed by atoms with Crippen LogP contribution in [0.4, 0.5) is 10.1 Å². The highest BCUT2D eigenvalue weighted by molar-refractivity contribution is 7.91. The number of hydrogen-bond donors (Lipinski definition) is 1. The summed E-state index contributed by atoms with van der Waals surface area (Å²) in [5.41, 5.74) is 0.770. The van der Waals surface area contributed by atoms with Gasteiger partial charge in [-0.05, 0) is 25.5 Å². The molecule has 106 valence electrons. The van der Waals surface area contributed by atoms with Crippen LogP contribution >= 0.6 is 0 Å². The lowest BCUT2D eigenvalue weighted by molar-refractivity contribution is 0.194. The van der Waals surface area contributed by atoms with Gasteiger partial charge in [0.15, 0.2) is 9.84 Å². The summed E-state index contributed by atoms with van der Waals surface area (Å²) in [4.78, 5) is 1.76. The highest BCUT2D eigenvalue weighted by Gasteiger charge is 2.32. The molecule has 0 saturated carbocycles. The van der Waals surface area contributed by atoms with E-state index in [-0.39, 0.29) is 23.1 Å². The molecule has 2 atom stereocenters. The Kier molecular flexibility index (Phi) is 3.82. The molecule has 1 heterocycles. The van der Waals surface area contributed by atoms with Crippen molar-refractivity contribution in [1.82, 2.24) is 0 Å². The van der Waals surface area contributed by atoms with Gasteiger partial charge in [0, 0.05) is 24.3 Å². The van der Waals surface area contributed by atoms with Crippen LogP contribution in [-0.2, 0) is 9.84 Å². The molecule has 1 N–H and O–H groups in total. The highest BCUT2D eigenvalue weighted by Crippen LogP contribution is 2.31. The molecular weight excluding hydrogens is 269 g/mol. The lowest BCUT2D eigenvalue weighted by atomic mass is 10.1. The van der Waals surface area contributed by atoms with E-state index in [2.05, 4.69) is 0 Å². The standard InChI is InChI=1S/C13H18FNO3S/c1-9(16)13-11(14)4-3-5-12(13)15(2)10-6-7-19(17,18)8-10/h3-5,9-10,16H,6-8H2,1-2H3. The fraction of sp³-hybridized carbons (Fsp3) is 0.538. The Hall–Kier alpha value is -1.14. The van der Waals surface area contributed by atoms with E-state index in [1.165, 1.54) is 13.0 Å². The number of hydrogen-bond acceptors (Lipinski definition) is 4. The molecule has 1 aromatic rings. The number of rotatable bonds is 3. The molecule has 0 spiro atoms. The van der Waals surface area contributed by atoms with E-state index in [1.807, 2.05) is 0 Å². The van der Waals surface area contributed by atoms with Crippen LogP contribution in [0.2, 0.25) is 0 Å². The molecule has 1 aliphatic rings. The topological polar surface area (TPSA) is 57.6 Å². The lowest BCUT2D eigenvalue weighted by Gasteiger charge is -2.28. The molecule has 0 radical (unpaired) electrons. The average molecular weight is 287 g/mol. The van der Waals surface area contributed by atoms with Crippen LogP contribution in [0.5, 0.6) is 0 Å². The van der Waals surface area contributed by atoms with Crippen molar-refractivity contribution in [3.05, 3.63) is 29.6 Å². The van der Waals surface area contributed by atoms with Gasteiger partial charge in [-0.3, -0.25) is 0 Å². The van der Waals surface area contributed by atoms with Crippen LogP contribution in [-0.4, -0.2) is 38.1 Å². The molecular formula is C13H18FNO3S. The van der Waals surface area contributed by atoms with Crippen molar-refractivity contribution in [2.75, 3.05) is 23.5 Å². The molecule has 1 fully saturated rings. The Morgan fingerprint density at radius 3 is 2.68 bits per heavy atom. The molecule has 0 amide bonds. The Morgan fingerprint density at radius 1 is 1.47 bits per heavy atom. The number of nitrogens with zero attached hydrogens (tertiary/aromatic N) is 1. The summed E-state index contributed by atoms with van der Waals surface area (Å²) in [6.07, 6.45) is -0.397. The summed E-state index contributed by atoms with van der Waals surface area (Å²) in [5.74, 6) is -0.221. The molecule has 1 saturated heterocycles. The first-order chi connectivity index (χ1) is 8.82. The first-order valence-corrected chi connectivity index (χ1v) is 8.03. The van der Waals surface area contributed by atoms with E-state index in [4.69, 9.17) is 0 Å². The Morgan fingerprint density at radius 2 is 2.16 bits per heavy atom. The average Bonchev–Trinajstić information content (AvgIpc) is 2.68. The SMILES string of the molecule is CC(O)c1c(F)cccc1N(C)C1CCS(=O)(=O)C1. The molecule has 1 aromatic carbocycles. The van der Waals surface area contributed by atoms with Crippen LogP contribution in [0.1, 0.15) is 25.0 Å². The van der Waals surface area contributed by atoms with Crippen molar-refractivity contribution in [2.24, 2.45) is 0 Å². The number of aliphatic hydroxyl groups is 1. The highest BCUT2D eigenvalue weighted by atomic mass is 32.2. The minimum absolute atomic E-state index is 0.0826.